The largest absolute Gasteiger partial charge is 0.421 e. The average Bonchev–Trinajstić information content (AvgIpc) is 2.83. The highest BCUT2D eigenvalue weighted by Crippen LogP contribution is 2.39. The number of hydrogen-bond acceptors (Lipinski definition) is 7. The highest BCUT2D eigenvalue weighted by Gasteiger charge is 2.51. The topological polar surface area (TPSA) is 84.3 Å². The van der Waals surface area contributed by atoms with Gasteiger partial charge in [-0.2, -0.15) is 17.5 Å². The molecule has 2 saturated heterocycles. The van der Waals surface area contributed by atoms with Gasteiger partial charge in [0.1, 0.15) is 0 Å². The molecule has 4 rings (SSSR count). The van der Waals surface area contributed by atoms with Crippen LogP contribution in [0.5, 0.6) is 0 Å². The number of piperazine rings is 1. The lowest BCUT2D eigenvalue weighted by molar-refractivity contribution is -0.258. The summed E-state index contributed by atoms with van der Waals surface area (Å²) in [5, 5.41) is 20.2. The van der Waals surface area contributed by atoms with Crippen LogP contribution < -0.4 is 4.90 Å². The summed E-state index contributed by atoms with van der Waals surface area (Å²) >= 11 is 5.31. The van der Waals surface area contributed by atoms with Gasteiger partial charge in [0.2, 0.25) is 10.0 Å². The number of aliphatic hydroxyl groups excluding tert-OH is 1. The number of halogens is 3. The van der Waals surface area contributed by atoms with Gasteiger partial charge < -0.3 is 15.1 Å². The minimum Gasteiger partial charge on any atom is -0.392 e. The molecular weight excluding hydrogens is 527 g/mol. The molecule has 0 aromatic heterocycles. The van der Waals surface area contributed by atoms with Crippen LogP contribution in [-0.2, 0) is 15.6 Å². The Kier molecular flexibility index (Phi) is 8.18. The lowest BCUT2D eigenvalue weighted by Crippen LogP contribution is -2.59. The molecule has 2 N–H and O–H groups in total. The highest BCUT2D eigenvalue weighted by molar-refractivity contribution is 7.96. The number of rotatable bonds is 6. The van der Waals surface area contributed by atoms with Crippen molar-refractivity contribution in [1.29, 1.82) is 0 Å². The molecule has 1 aromatic rings. The van der Waals surface area contributed by atoms with Gasteiger partial charge in [0.15, 0.2) is 5.60 Å². The van der Waals surface area contributed by atoms with Crippen LogP contribution in [0, 0.1) is 0 Å². The summed E-state index contributed by atoms with van der Waals surface area (Å²) in [7, 11) is -3.82. The van der Waals surface area contributed by atoms with E-state index in [2.05, 4.69) is 4.90 Å². The van der Waals surface area contributed by atoms with Gasteiger partial charge in [0, 0.05) is 49.7 Å². The predicted molar refractivity (Wildman–Crippen MR) is 140 cm³/mol. The van der Waals surface area contributed by atoms with Crippen LogP contribution >= 0.6 is 12.2 Å². The second-order valence-electron chi connectivity index (χ2n) is 9.97. The molecule has 3 aliphatic rings. The van der Waals surface area contributed by atoms with Crippen LogP contribution in [0.25, 0.3) is 0 Å². The van der Waals surface area contributed by atoms with Gasteiger partial charge in [0.05, 0.1) is 17.1 Å². The molecule has 7 nitrogen and oxygen atoms in total. The third-order valence-corrected chi connectivity index (χ3v) is 9.75. The van der Waals surface area contributed by atoms with E-state index in [0.717, 1.165) is 19.9 Å². The Labute approximate surface area is 220 Å². The molecule has 1 aromatic carbocycles. The summed E-state index contributed by atoms with van der Waals surface area (Å²) in [6, 6.07) is 5.26. The lowest BCUT2D eigenvalue weighted by Gasteiger charge is -2.45. The Morgan fingerprint density at radius 2 is 1.81 bits per heavy atom. The molecule has 2 aliphatic heterocycles. The molecule has 0 unspecified atom stereocenters. The van der Waals surface area contributed by atoms with Crippen LogP contribution in [0.2, 0.25) is 0 Å². The smallest absolute Gasteiger partial charge is 0.392 e. The zero-order valence-corrected chi connectivity index (χ0v) is 22.2. The molecule has 2 heterocycles. The van der Waals surface area contributed by atoms with Crippen LogP contribution in [0.3, 0.4) is 0 Å². The molecule has 3 atom stereocenters. The second kappa shape index (κ2) is 10.7. The van der Waals surface area contributed by atoms with E-state index in [1.807, 2.05) is 11.0 Å². The number of piperidine rings is 1. The molecule has 0 bridgehead atoms. The van der Waals surface area contributed by atoms with E-state index in [0.29, 0.717) is 43.0 Å². The van der Waals surface area contributed by atoms with E-state index in [-0.39, 0.29) is 29.6 Å². The number of β-amino-alcohol motifs (C(OH)–C–C–N with tert-alkyl or cyclic N) is 1. The first kappa shape index (κ1) is 28.2. The molecular formula is C25H32F3N3O4S2. The number of nitrogens with zero attached hydrogens (tertiary/aromatic N) is 3. The van der Waals surface area contributed by atoms with E-state index < -0.39 is 27.9 Å². The first-order valence-corrected chi connectivity index (χ1v) is 14.1. The van der Waals surface area contributed by atoms with Crippen molar-refractivity contribution in [2.75, 3.05) is 44.2 Å². The minimum atomic E-state index is -4.82. The van der Waals surface area contributed by atoms with Crippen molar-refractivity contribution in [3.63, 3.8) is 0 Å². The first-order chi connectivity index (χ1) is 17.3. The van der Waals surface area contributed by atoms with Crippen molar-refractivity contribution >= 4 is 32.8 Å². The fraction of sp³-hybridized carbons (Fsp3) is 0.560. The Bertz CT molecular complexity index is 1170. The number of hydrogen-bond donors (Lipinski definition) is 2. The predicted octanol–water partition coefficient (Wildman–Crippen LogP) is 2.95. The summed E-state index contributed by atoms with van der Waals surface area (Å²) in [6.07, 6.45) is 1.67. The van der Waals surface area contributed by atoms with E-state index in [1.54, 1.807) is 6.08 Å². The van der Waals surface area contributed by atoms with Crippen molar-refractivity contribution < 1.29 is 31.8 Å². The van der Waals surface area contributed by atoms with Gasteiger partial charge in [-0.25, -0.2) is 8.42 Å². The van der Waals surface area contributed by atoms with Crippen LogP contribution in [0.4, 0.5) is 18.9 Å². The Morgan fingerprint density at radius 3 is 2.43 bits per heavy atom. The van der Waals surface area contributed by atoms with Gasteiger partial charge in [-0.15, -0.1) is 0 Å². The van der Waals surface area contributed by atoms with Crippen LogP contribution in [0.15, 0.2) is 47.4 Å². The maximum atomic E-state index is 13.5. The molecule has 204 valence electrons. The van der Waals surface area contributed by atoms with Crippen molar-refractivity contribution in [3.8, 4) is 0 Å². The molecule has 0 spiro atoms. The molecule has 0 saturated carbocycles. The number of allylic oxidation sites excluding steroid dienone is 4. The summed E-state index contributed by atoms with van der Waals surface area (Å²) in [5.74, 6) is 0. The number of alkyl halides is 3. The van der Waals surface area contributed by atoms with Gasteiger partial charge in [-0.05, 0) is 50.1 Å². The van der Waals surface area contributed by atoms with Crippen LogP contribution in [-0.4, -0.2) is 90.3 Å². The van der Waals surface area contributed by atoms with E-state index >= 15 is 0 Å². The Morgan fingerprint density at radius 1 is 1.11 bits per heavy atom. The molecule has 2 fully saturated rings. The fourth-order valence-corrected chi connectivity index (χ4v) is 7.14. The number of likely N-dealkylation sites (tertiary alicyclic amines) is 1. The maximum absolute atomic E-state index is 13.5. The van der Waals surface area contributed by atoms with E-state index in [9.17, 15) is 31.8 Å². The Balaban J connectivity index is 1.60. The van der Waals surface area contributed by atoms with Crippen molar-refractivity contribution in [1.82, 2.24) is 9.21 Å². The lowest BCUT2D eigenvalue weighted by atomic mass is 9.95. The first-order valence-electron chi connectivity index (χ1n) is 12.3. The number of sulfonamides is 1. The van der Waals surface area contributed by atoms with Gasteiger partial charge in [-0.3, -0.25) is 4.90 Å². The van der Waals surface area contributed by atoms with Crippen LogP contribution in [0.1, 0.15) is 31.7 Å². The SMILES string of the molecule is C[C@](O)(c1ccc(N2CCN(S(=O)(=O)C3=CC=CCC3=S)C[C@@H]2CN2CCC[C@H](O)C2)cc1)C(F)(F)F. The number of benzene rings is 1. The quantitative estimate of drug-likeness (QED) is 0.519. The van der Waals surface area contributed by atoms with Crippen molar-refractivity contribution in [2.24, 2.45) is 0 Å². The molecule has 1 aliphatic carbocycles. The van der Waals surface area contributed by atoms with Gasteiger partial charge >= 0.3 is 6.18 Å². The standard InChI is InChI=1S/C25H32F3N3O4S2/c1-24(33,25(26,27)28)18-8-10-19(11-9-18)31-14-13-30(37(34,35)23-7-3-2-6-22(23)36)16-20(31)15-29-12-4-5-21(32)17-29/h2-3,7-11,20-21,32-33H,4-6,12-17H2,1H3/t20-,21-,24-/m0/s1. The molecule has 0 radical (unpaired) electrons. The molecule has 37 heavy (non-hydrogen) atoms. The fourth-order valence-electron chi connectivity index (χ4n) is 5.07. The number of anilines is 1. The van der Waals surface area contributed by atoms with Gasteiger partial charge in [-0.1, -0.05) is 36.5 Å². The second-order valence-corrected chi connectivity index (χ2v) is 12.4. The zero-order chi connectivity index (χ0) is 27.0. The van der Waals surface area contributed by atoms with Gasteiger partial charge in [0.25, 0.3) is 0 Å². The third-order valence-electron chi connectivity index (χ3n) is 7.29. The summed E-state index contributed by atoms with van der Waals surface area (Å²) < 4.78 is 68.2. The van der Waals surface area contributed by atoms with E-state index in [4.69, 9.17) is 12.2 Å². The minimum absolute atomic E-state index is 0.129. The molecule has 12 heteroatoms. The third kappa shape index (κ3) is 5.94. The van der Waals surface area contributed by atoms with Crippen molar-refractivity contribution in [3.05, 3.63) is 53.0 Å². The zero-order valence-electron chi connectivity index (χ0n) is 20.6. The number of aliphatic hydroxyl groups is 2. The molecule has 0 amide bonds. The highest BCUT2D eigenvalue weighted by atomic mass is 32.2. The Hall–Kier alpha value is -1.83. The normalized spacial score (nSPS) is 26.2. The van der Waals surface area contributed by atoms with Crippen molar-refractivity contribution in [2.45, 2.75) is 50.1 Å². The maximum Gasteiger partial charge on any atom is 0.421 e. The monoisotopic (exact) mass is 559 g/mol. The average molecular weight is 560 g/mol. The van der Waals surface area contributed by atoms with E-state index in [1.165, 1.54) is 34.6 Å². The summed E-state index contributed by atoms with van der Waals surface area (Å²) in [4.78, 5) is 4.59. The summed E-state index contributed by atoms with van der Waals surface area (Å²) in [6.45, 7) is 3.12. The summed E-state index contributed by atoms with van der Waals surface area (Å²) in [5.41, 5.74) is -2.62. The number of thiocarbonyl (C=S) groups is 1.